The second-order valence-electron chi connectivity index (χ2n) is 6.73. The normalized spacial score (nSPS) is 10.8. The van der Waals surface area contributed by atoms with Gasteiger partial charge in [0.2, 0.25) is 0 Å². The first-order valence-electron chi connectivity index (χ1n) is 9.23. The number of hydrogen-bond donors (Lipinski definition) is 2. The molecular weight excluding hydrogens is 409 g/mol. The number of nitrogens with zero attached hydrogens (tertiary/aromatic N) is 2. The first-order valence-corrected chi connectivity index (χ1v) is 10.1. The molecule has 0 fully saturated rings. The molecule has 2 N–H and O–H groups in total. The second kappa shape index (κ2) is 9.00. The summed E-state index contributed by atoms with van der Waals surface area (Å²) < 4.78 is 15.1. The summed E-state index contributed by atoms with van der Waals surface area (Å²) in [6.45, 7) is 3.86. The Balaban J connectivity index is 1.94. The highest BCUT2D eigenvalue weighted by Gasteiger charge is 2.19. The van der Waals surface area contributed by atoms with Crippen molar-refractivity contribution < 1.29 is 19.1 Å². The molecule has 0 radical (unpaired) electrons. The molecule has 2 aromatic heterocycles. The number of aromatic nitrogens is 2. The van der Waals surface area contributed by atoms with Gasteiger partial charge in [-0.2, -0.15) is 0 Å². The fourth-order valence-corrected chi connectivity index (χ4v) is 3.93. The smallest absolute Gasteiger partial charge is 0.309 e. The molecule has 0 aliphatic carbocycles. The number of pyridine rings is 1. The van der Waals surface area contributed by atoms with Gasteiger partial charge in [0.15, 0.2) is 5.13 Å². The van der Waals surface area contributed by atoms with Crippen LogP contribution < -0.4 is 10.9 Å². The predicted molar refractivity (Wildman–Crippen MR) is 112 cm³/mol. The van der Waals surface area contributed by atoms with Gasteiger partial charge in [-0.25, -0.2) is 9.37 Å². The molecule has 0 spiro atoms. The average molecular weight is 429 g/mol. The lowest BCUT2D eigenvalue weighted by Crippen LogP contribution is -2.32. The van der Waals surface area contributed by atoms with Crippen LogP contribution in [0.5, 0.6) is 0 Å². The summed E-state index contributed by atoms with van der Waals surface area (Å²) in [6.07, 6.45) is 0.320. The molecule has 3 rings (SSSR count). The van der Waals surface area contributed by atoms with E-state index in [9.17, 15) is 18.8 Å². The lowest BCUT2D eigenvalue weighted by molar-refractivity contribution is -0.136. The SMILES string of the molecule is CCc1c(C)cc(C(=O)Nc2nc(CC(=O)O)cs2)c(=O)n1Cc1cccc(F)c1. The van der Waals surface area contributed by atoms with Crippen LogP contribution in [0.4, 0.5) is 9.52 Å². The number of carboxylic acid groups (broad SMARTS) is 1. The van der Waals surface area contributed by atoms with Crippen LogP contribution in [0.25, 0.3) is 0 Å². The van der Waals surface area contributed by atoms with Gasteiger partial charge < -0.3 is 9.67 Å². The minimum atomic E-state index is -1.02. The Bertz CT molecular complexity index is 1170. The summed E-state index contributed by atoms with van der Waals surface area (Å²) in [4.78, 5) is 40.7. The molecular formula is C21H20FN3O4S. The Labute approximate surface area is 175 Å². The minimum absolute atomic E-state index is 0.0592. The lowest BCUT2D eigenvalue weighted by Gasteiger charge is -2.16. The number of thiazole rings is 1. The van der Waals surface area contributed by atoms with Gasteiger partial charge in [0.1, 0.15) is 11.4 Å². The molecule has 156 valence electrons. The van der Waals surface area contributed by atoms with Crippen LogP contribution in [0.15, 0.2) is 40.5 Å². The first-order chi connectivity index (χ1) is 14.3. The zero-order valence-corrected chi connectivity index (χ0v) is 17.3. The number of carboxylic acids is 1. The van der Waals surface area contributed by atoms with E-state index in [0.29, 0.717) is 17.7 Å². The predicted octanol–water partition coefficient (Wildman–Crippen LogP) is 3.24. The number of carbonyl (C=O) groups is 2. The number of carbonyl (C=O) groups excluding carboxylic acids is 1. The van der Waals surface area contributed by atoms with E-state index in [4.69, 9.17) is 5.11 Å². The highest BCUT2D eigenvalue weighted by Crippen LogP contribution is 2.18. The van der Waals surface area contributed by atoms with E-state index < -0.39 is 23.3 Å². The zero-order valence-electron chi connectivity index (χ0n) is 16.4. The third-order valence-electron chi connectivity index (χ3n) is 4.53. The van der Waals surface area contributed by atoms with Gasteiger partial charge in [-0.1, -0.05) is 19.1 Å². The quantitative estimate of drug-likeness (QED) is 0.600. The molecule has 0 unspecified atom stereocenters. The molecule has 1 amide bonds. The molecule has 0 saturated heterocycles. The number of halogens is 1. The molecule has 30 heavy (non-hydrogen) atoms. The molecule has 0 atom stereocenters. The number of aryl methyl sites for hydroxylation is 1. The Kier molecular flexibility index (Phi) is 6.41. The number of hydrogen-bond acceptors (Lipinski definition) is 5. The number of anilines is 1. The van der Waals surface area contributed by atoms with Crippen LogP contribution in [-0.4, -0.2) is 26.5 Å². The van der Waals surface area contributed by atoms with Crippen molar-refractivity contribution in [2.24, 2.45) is 0 Å². The van der Waals surface area contributed by atoms with E-state index in [1.807, 2.05) is 13.8 Å². The molecule has 0 aliphatic heterocycles. The summed E-state index contributed by atoms with van der Waals surface area (Å²) in [5, 5.41) is 13.1. The summed E-state index contributed by atoms with van der Waals surface area (Å²) in [6, 6.07) is 7.51. The Morgan fingerprint density at radius 2 is 2.07 bits per heavy atom. The van der Waals surface area contributed by atoms with Gasteiger partial charge in [-0.15, -0.1) is 11.3 Å². The van der Waals surface area contributed by atoms with Crippen molar-refractivity contribution >= 4 is 28.3 Å². The number of rotatable bonds is 7. The Morgan fingerprint density at radius 1 is 1.30 bits per heavy atom. The monoisotopic (exact) mass is 429 g/mol. The van der Waals surface area contributed by atoms with E-state index in [-0.39, 0.29) is 23.7 Å². The van der Waals surface area contributed by atoms with Crippen molar-refractivity contribution in [2.75, 3.05) is 5.32 Å². The molecule has 0 aliphatic rings. The Morgan fingerprint density at radius 3 is 2.73 bits per heavy atom. The number of benzene rings is 1. The molecule has 0 bridgehead atoms. The van der Waals surface area contributed by atoms with Crippen molar-refractivity contribution in [2.45, 2.75) is 33.2 Å². The zero-order chi connectivity index (χ0) is 21.8. The number of aliphatic carboxylic acids is 1. The van der Waals surface area contributed by atoms with Crippen molar-refractivity contribution in [3.8, 4) is 0 Å². The minimum Gasteiger partial charge on any atom is -0.481 e. The summed E-state index contributed by atoms with van der Waals surface area (Å²) in [7, 11) is 0. The maximum absolute atomic E-state index is 13.6. The molecule has 0 saturated carbocycles. The van der Waals surface area contributed by atoms with Gasteiger partial charge in [0.25, 0.3) is 11.5 Å². The maximum Gasteiger partial charge on any atom is 0.309 e. The topological polar surface area (TPSA) is 101 Å². The molecule has 1 aromatic carbocycles. The summed E-state index contributed by atoms with van der Waals surface area (Å²) >= 11 is 1.08. The largest absolute Gasteiger partial charge is 0.481 e. The van der Waals surface area contributed by atoms with Crippen LogP contribution >= 0.6 is 11.3 Å². The van der Waals surface area contributed by atoms with Crippen LogP contribution in [-0.2, 0) is 24.2 Å². The van der Waals surface area contributed by atoms with E-state index in [1.54, 1.807) is 12.1 Å². The van der Waals surface area contributed by atoms with Crippen LogP contribution in [0.2, 0.25) is 0 Å². The summed E-state index contributed by atoms with van der Waals surface area (Å²) in [5.41, 5.74) is 1.92. The summed E-state index contributed by atoms with van der Waals surface area (Å²) in [5.74, 6) is -2.05. The lowest BCUT2D eigenvalue weighted by atomic mass is 10.1. The molecule has 3 aromatic rings. The second-order valence-corrected chi connectivity index (χ2v) is 7.59. The third kappa shape index (κ3) is 4.80. The van der Waals surface area contributed by atoms with Crippen LogP contribution in [0.1, 0.15) is 39.8 Å². The third-order valence-corrected chi connectivity index (χ3v) is 5.34. The first kappa shape index (κ1) is 21.4. The van der Waals surface area contributed by atoms with Gasteiger partial charge in [-0.3, -0.25) is 19.7 Å². The van der Waals surface area contributed by atoms with E-state index >= 15 is 0 Å². The number of nitrogens with one attached hydrogen (secondary N) is 1. The van der Waals surface area contributed by atoms with Gasteiger partial charge in [0.05, 0.1) is 18.7 Å². The van der Waals surface area contributed by atoms with Gasteiger partial charge in [-0.05, 0) is 42.7 Å². The van der Waals surface area contributed by atoms with Crippen molar-refractivity contribution in [3.63, 3.8) is 0 Å². The van der Waals surface area contributed by atoms with E-state index in [1.165, 1.54) is 28.1 Å². The van der Waals surface area contributed by atoms with E-state index in [0.717, 1.165) is 22.6 Å². The van der Waals surface area contributed by atoms with Crippen molar-refractivity contribution in [3.05, 3.63) is 80.0 Å². The molecule has 2 heterocycles. The van der Waals surface area contributed by atoms with Crippen LogP contribution in [0.3, 0.4) is 0 Å². The van der Waals surface area contributed by atoms with Gasteiger partial charge in [0, 0.05) is 11.1 Å². The van der Waals surface area contributed by atoms with Gasteiger partial charge >= 0.3 is 5.97 Å². The highest BCUT2D eigenvalue weighted by atomic mass is 32.1. The molecule has 9 heteroatoms. The van der Waals surface area contributed by atoms with Crippen LogP contribution in [0, 0.1) is 12.7 Å². The fraction of sp³-hybridized carbons (Fsp3) is 0.238. The molecule has 7 nitrogen and oxygen atoms in total. The maximum atomic E-state index is 13.6. The van der Waals surface area contributed by atoms with Crippen molar-refractivity contribution in [1.29, 1.82) is 0 Å². The Hall–Kier alpha value is -3.33. The van der Waals surface area contributed by atoms with E-state index in [2.05, 4.69) is 10.3 Å². The highest BCUT2D eigenvalue weighted by molar-refractivity contribution is 7.14. The standard InChI is InChI=1S/C21H20FN3O4S/c1-3-17-12(2)7-16(19(28)24-21-23-15(11-30-21)9-18(26)27)20(29)25(17)10-13-5-4-6-14(22)8-13/h4-8,11H,3,9-10H2,1-2H3,(H,26,27)(H,23,24,28). The fourth-order valence-electron chi connectivity index (χ4n) is 3.22. The average Bonchev–Trinajstić information content (AvgIpc) is 3.10. The van der Waals surface area contributed by atoms with Crippen molar-refractivity contribution in [1.82, 2.24) is 9.55 Å². The number of amides is 1.